The number of hydrogen-bond acceptors (Lipinski definition) is 2. The van der Waals surface area contributed by atoms with E-state index in [4.69, 9.17) is 0 Å². The third kappa shape index (κ3) is 4.33. The van der Waals surface area contributed by atoms with Crippen LogP contribution < -0.4 is 5.32 Å². The molecule has 3 nitrogen and oxygen atoms in total. The van der Waals surface area contributed by atoms with Gasteiger partial charge < -0.3 is 5.32 Å². The summed E-state index contributed by atoms with van der Waals surface area (Å²) in [6, 6.07) is 11.1. The van der Waals surface area contributed by atoms with Crippen LogP contribution >= 0.6 is 0 Å². The van der Waals surface area contributed by atoms with Crippen molar-refractivity contribution in [1.82, 2.24) is 5.32 Å². The summed E-state index contributed by atoms with van der Waals surface area (Å²) in [5.74, 6) is 3.04. The van der Waals surface area contributed by atoms with Crippen LogP contribution in [-0.4, -0.2) is 18.2 Å². The van der Waals surface area contributed by atoms with Gasteiger partial charge in [0.15, 0.2) is 0 Å². The highest BCUT2D eigenvalue weighted by molar-refractivity contribution is 5.84. The monoisotopic (exact) mass is 583 g/mol. The van der Waals surface area contributed by atoms with E-state index in [1.165, 1.54) is 43.2 Å². The number of ketones is 1. The molecule has 4 saturated carbocycles. The second-order valence-electron chi connectivity index (χ2n) is 17.0. The summed E-state index contributed by atoms with van der Waals surface area (Å²) in [7, 11) is 0. The quantitative estimate of drug-likeness (QED) is 0.339. The van der Waals surface area contributed by atoms with Crippen LogP contribution in [-0.2, 0) is 9.59 Å². The van der Waals surface area contributed by atoms with E-state index in [9.17, 15) is 9.59 Å². The summed E-state index contributed by atoms with van der Waals surface area (Å²) >= 11 is 0. The second-order valence-corrected chi connectivity index (χ2v) is 17.0. The molecule has 0 heterocycles. The Balaban J connectivity index is 1.35. The van der Waals surface area contributed by atoms with Crippen molar-refractivity contribution in [3.63, 3.8) is 0 Å². The predicted molar refractivity (Wildman–Crippen MR) is 177 cm³/mol. The van der Waals surface area contributed by atoms with Crippen LogP contribution in [0.5, 0.6) is 0 Å². The highest BCUT2D eigenvalue weighted by Gasteiger charge is 2.71. The minimum absolute atomic E-state index is 0.142. The van der Waals surface area contributed by atoms with Gasteiger partial charge in [0.05, 0.1) is 5.41 Å². The van der Waals surface area contributed by atoms with Gasteiger partial charge in [-0.3, -0.25) is 9.59 Å². The van der Waals surface area contributed by atoms with Gasteiger partial charge in [0.2, 0.25) is 5.91 Å². The topological polar surface area (TPSA) is 46.2 Å². The van der Waals surface area contributed by atoms with Crippen molar-refractivity contribution in [3.05, 3.63) is 54.1 Å². The number of amides is 1. The first kappa shape index (κ1) is 30.8. The van der Waals surface area contributed by atoms with Crippen molar-refractivity contribution in [2.75, 3.05) is 6.54 Å². The lowest BCUT2D eigenvalue weighted by atomic mass is 9.32. The zero-order valence-electron chi connectivity index (χ0n) is 28.2. The maximum atomic E-state index is 14.1. The number of Topliss-reactive ketones (excluding diaryl/α,β-unsaturated/α-hetero) is 1. The lowest BCUT2D eigenvalue weighted by molar-refractivity contribution is -0.225. The molecule has 0 unspecified atom stereocenters. The summed E-state index contributed by atoms with van der Waals surface area (Å²) in [6.45, 7) is 21.8. The molecular weight excluding hydrogens is 526 g/mol. The normalized spacial score (nSPS) is 42.9. The van der Waals surface area contributed by atoms with Gasteiger partial charge >= 0.3 is 0 Å². The molecule has 0 aliphatic heterocycles. The number of carbonyl (C=O) groups excluding carboxylic acids is 2. The van der Waals surface area contributed by atoms with Crippen LogP contribution in [0.1, 0.15) is 118 Å². The molecule has 9 atom stereocenters. The van der Waals surface area contributed by atoms with E-state index in [2.05, 4.69) is 89.8 Å². The van der Waals surface area contributed by atoms with Crippen LogP contribution in [0.2, 0.25) is 0 Å². The Bertz CT molecular complexity index is 1320. The van der Waals surface area contributed by atoms with Gasteiger partial charge in [0, 0.05) is 13.0 Å². The van der Waals surface area contributed by atoms with Gasteiger partial charge in [-0.25, -0.2) is 0 Å². The standard InChI is InChI=1S/C40H57NO2/c1-26(2)29-16-22-40(35(43)41-25-19-27(3)42)24-23-38(7)31(34(29)40)14-15-33-37(6)20-17-30(28-12-10-9-11-13-28)36(4,5)32(37)18-21-39(33,38)8/h9-13,17,29,31-34H,1,14-16,18-25H2,2-8H3,(H,41,43)/t29-,31+,32-,33+,34+,37-,38+,39+,40-/m0/s1. The van der Waals surface area contributed by atoms with Crippen LogP contribution in [0.3, 0.4) is 0 Å². The molecule has 1 aromatic carbocycles. The van der Waals surface area contributed by atoms with E-state index in [0.717, 1.165) is 25.7 Å². The van der Waals surface area contributed by atoms with E-state index >= 15 is 0 Å². The fourth-order valence-electron chi connectivity index (χ4n) is 12.8. The van der Waals surface area contributed by atoms with Crippen molar-refractivity contribution in [2.24, 2.45) is 56.7 Å². The molecule has 1 aromatic rings. The van der Waals surface area contributed by atoms with Crippen LogP contribution in [0, 0.1) is 56.7 Å². The molecule has 0 bridgehead atoms. The van der Waals surface area contributed by atoms with Crippen LogP contribution in [0.4, 0.5) is 0 Å². The molecule has 5 aliphatic rings. The first-order chi connectivity index (χ1) is 20.2. The highest BCUT2D eigenvalue weighted by atomic mass is 16.2. The van der Waals surface area contributed by atoms with Crippen molar-refractivity contribution < 1.29 is 9.59 Å². The number of rotatable bonds is 6. The van der Waals surface area contributed by atoms with Crippen molar-refractivity contribution in [3.8, 4) is 0 Å². The summed E-state index contributed by atoms with van der Waals surface area (Å²) < 4.78 is 0. The molecule has 4 fully saturated rings. The van der Waals surface area contributed by atoms with Crippen molar-refractivity contribution in [2.45, 2.75) is 113 Å². The Kier molecular flexibility index (Phi) is 7.50. The van der Waals surface area contributed by atoms with Crippen molar-refractivity contribution >= 4 is 17.3 Å². The first-order valence-corrected chi connectivity index (χ1v) is 17.4. The summed E-state index contributed by atoms with van der Waals surface area (Å²) in [4.78, 5) is 25.8. The van der Waals surface area contributed by atoms with Gasteiger partial charge in [-0.1, -0.05) is 83.2 Å². The van der Waals surface area contributed by atoms with Gasteiger partial charge in [-0.2, -0.15) is 0 Å². The highest BCUT2D eigenvalue weighted by Crippen LogP contribution is 2.77. The largest absolute Gasteiger partial charge is 0.355 e. The van der Waals surface area contributed by atoms with Crippen LogP contribution in [0.15, 0.2) is 48.6 Å². The first-order valence-electron chi connectivity index (χ1n) is 17.4. The molecule has 234 valence electrons. The lowest BCUT2D eigenvalue weighted by Gasteiger charge is -2.72. The molecular formula is C40H57NO2. The number of allylic oxidation sites excluding steroid dienone is 3. The molecule has 1 N–H and O–H groups in total. The molecule has 5 aliphatic carbocycles. The fourth-order valence-corrected chi connectivity index (χ4v) is 12.8. The van der Waals surface area contributed by atoms with Gasteiger partial charge in [0.25, 0.3) is 0 Å². The Hall–Kier alpha value is -2.16. The Morgan fingerprint density at radius 1 is 0.860 bits per heavy atom. The molecule has 6 rings (SSSR count). The summed E-state index contributed by atoms with van der Waals surface area (Å²) in [5, 5.41) is 3.25. The fraction of sp³-hybridized carbons (Fsp3) is 0.700. The average Bonchev–Trinajstić information content (AvgIpc) is 3.35. The maximum absolute atomic E-state index is 14.1. The molecule has 0 spiro atoms. The van der Waals surface area contributed by atoms with Crippen LogP contribution in [0.25, 0.3) is 5.57 Å². The zero-order valence-corrected chi connectivity index (χ0v) is 28.2. The Morgan fingerprint density at radius 3 is 2.26 bits per heavy atom. The molecule has 0 radical (unpaired) electrons. The third-order valence-corrected chi connectivity index (χ3v) is 14.9. The number of benzene rings is 1. The molecule has 1 amide bonds. The molecule has 3 heteroatoms. The summed E-state index contributed by atoms with van der Waals surface area (Å²) in [6.07, 6.45) is 13.5. The van der Waals surface area contributed by atoms with E-state index < -0.39 is 0 Å². The predicted octanol–water partition coefficient (Wildman–Crippen LogP) is 9.43. The van der Waals surface area contributed by atoms with E-state index in [1.807, 2.05) is 0 Å². The smallest absolute Gasteiger partial charge is 0.226 e. The number of carbonyl (C=O) groups is 2. The average molecular weight is 584 g/mol. The summed E-state index contributed by atoms with van der Waals surface area (Å²) in [5.41, 5.74) is 4.80. The SMILES string of the molecule is C=C(C)[C@@H]1CC[C@]2(C(=O)NCCC(C)=O)CC[C@]3(C)[C@H](CC[C@@H]4[C@@]5(C)CC=C(c6ccccc6)C(C)(C)[C@@H]5CC[C@]43C)[C@@H]12. The number of nitrogens with one attached hydrogen (secondary N) is 1. The van der Waals surface area contributed by atoms with Gasteiger partial charge in [-0.05, 0) is 134 Å². The third-order valence-electron chi connectivity index (χ3n) is 14.9. The number of fused-ring (bicyclic) bond motifs is 7. The Labute approximate surface area is 261 Å². The van der Waals surface area contributed by atoms with E-state index in [0.29, 0.717) is 42.6 Å². The molecule has 43 heavy (non-hydrogen) atoms. The lowest BCUT2D eigenvalue weighted by Crippen LogP contribution is -2.66. The van der Waals surface area contributed by atoms with Crippen molar-refractivity contribution in [1.29, 1.82) is 0 Å². The maximum Gasteiger partial charge on any atom is 0.226 e. The van der Waals surface area contributed by atoms with E-state index in [1.54, 1.807) is 12.5 Å². The van der Waals surface area contributed by atoms with Gasteiger partial charge in [-0.15, -0.1) is 0 Å². The minimum atomic E-state index is -0.310. The minimum Gasteiger partial charge on any atom is -0.355 e. The second kappa shape index (κ2) is 10.4. The molecule has 0 aromatic heterocycles. The van der Waals surface area contributed by atoms with Gasteiger partial charge in [0.1, 0.15) is 5.78 Å². The Morgan fingerprint density at radius 2 is 1.58 bits per heavy atom. The zero-order chi connectivity index (χ0) is 31.0. The van der Waals surface area contributed by atoms with E-state index in [-0.39, 0.29) is 38.8 Å². The number of hydrogen-bond donors (Lipinski definition) is 1. The molecule has 0 saturated heterocycles.